The number of hydrogen-bond acceptors (Lipinski definition) is 2. The lowest BCUT2D eigenvalue weighted by Crippen LogP contribution is -2.19. The van der Waals surface area contributed by atoms with Gasteiger partial charge in [0.15, 0.2) is 0 Å². The molecule has 1 nitrogen and oxygen atoms in total. The molecule has 78 valence electrons. The first-order valence-electron chi connectivity index (χ1n) is 4.37. The molecule has 0 saturated carbocycles. The number of nitrogens with zero attached hydrogens (tertiary/aromatic N) is 1. The van der Waals surface area contributed by atoms with Gasteiger partial charge in [-0.15, -0.1) is 0 Å². The van der Waals surface area contributed by atoms with E-state index in [0.29, 0.717) is 24.4 Å². The molecule has 1 rings (SSSR count). The summed E-state index contributed by atoms with van der Waals surface area (Å²) in [5, 5.41) is 0. The maximum Gasteiger partial charge on any atom is 0.126 e. The van der Waals surface area contributed by atoms with Gasteiger partial charge in [0.2, 0.25) is 0 Å². The summed E-state index contributed by atoms with van der Waals surface area (Å²) in [6, 6.07) is 3.52. The summed E-state index contributed by atoms with van der Waals surface area (Å²) in [6.07, 6.45) is 0.501. The Bertz CT molecular complexity index is 304. The van der Waals surface area contributed by atoms with Gasteiger partial charge in [0.05, 0.1) is 0 Å². The molecular formula is C10H13F2NS. The first-order chi connectivity index (χ1) is 6.63. The minimum atomic E-state index is -0.394. The smallest absolute Gasteiger partial charge is 0.126 e. The first-order valence-corrected chi connectivity index (χ1v) is 5.00. The molecular weight excluding hydrogens is 204 g/mol. The van der Waals surface area contributed by atoms with Crippen LogP contribution in [0.2, 0.25) is 0 Å². The number of halogens is 2. The summed E-state index contributed by atoms with van der Waals surface area (Å²) in [7, 11) is 1.88. The van der Waals surface area contributed by atoms with Crippen molar-refractivity contribution in [1.29, 1.82) is 0 Å². The Morgan fingerprint density at radius 2 is 2.07 bits per heavy atom. The highest BCUT2D eigenvalue weighted by atomic mass is 32.1. The molecule has 0 spiro atoms. The zero-order chi connectivity index (χ0) is 10.6. The van der Waals surface area contributed by atoms with E-state index in [4.69, 9.17) is 0 Å². The molecule has 0 unspecified atom stereocenters. The Morgan fingerprint density at radius 1 is 1.36 bits per heavy atom. The summed E-state index contributed by atoms with van der Waals surface area (Å²) < 4.78 is 25.9. The van der Waals surface area contributed by atoms with Crippen LogP contribution in [-0.4, -0.2) is 24.4 Å². The van der Waals surface area contributed by atoms with Crippen LogP contribution in [0.5, 0.6) is 0 Å². The zero-order valence-corrected chi connectivity index (χ0v) is 8.90. The molecule has 0 aliphatic heterocycles. The highest BCUT2D eigenvalue weighted by Gasteiger charge is 2.04. The summed E-state index contributed by atoms with van der Waals surface area (Å²) in [4.78, 5) is 1.92. The van der Waals surface area contributed by atoms with Crippen LogP contribution in [0.15, 0.2) is 18.2 Å². The van der Waals surface area contributed by atoms with Crippen LogP contribution < -0.4 is 0 Å². The van der Waals surface area contributed by atoms with Crippen molar-refractivity contribution >= 4 is 12.6 Å². The van der Waals surface area contributed by atoms with Gasteiger partial charge in [-0.3, -0.25) is 4.90 Å². The van der Waals surface area contributed by atoms with Crippen molar-refractivity contribution in [3.05, 3.63) is 35.4 Å². The van der Waals surface area contributed by atoms with Gasteiger partial charge in [-0.1, -0.05) is 0 Å². The summed E-state index contributed by atoms with van der Waals surface area (Å²) in [5.41, 5.74) is 0.415. The van der Waals surface area contributed by atoms with Crippen molar-refractivity contribution in [3.8, 4) is 0 Å². The predicted molar refractivity (Wildman–Crippen MR) is 56.5 cm³/mol. The third kappa shape index (κ3) is 3.27. The topological polar surface area (TPSA) is 3.24 Å². The Hall–Kier alpha value is -0.610. The van der Waals surface area contributed by atoms with Crippen LogP contribution in [0.1, 0.15) is 5.56 Å². The standard InChI is InChI=1S/C10H13F2NS/c1-13(7-14)5-4-8-6-9(11)2-3-10(8)12/h2-3,6,14H,4-5,7H2,1H3. The van der Waals surface area contributed by atoms with E-state index in [1.807, 2.05) is 11.9 Å². The number of thiol groups is 1. The van der Waals surface area contributed by atoms with Crippen molar-refractivity contribution in [2.45, 2.75) is 6.42 Å². The quantitative estimate of drug-likeness (QED) is 0.598. The lowest BCUT2D eigenvalue weighted by atomic mass is 10.1. The third-order valence-corrected chi connectivity index (χ3v) is 2.49. The zero-order valence-electron chi connectivity index (χ0n) is 8.00. The van der Waals surface area contributed by atoms with Crippen LogP contribution in [-0.2, 0) is 6.42 Å². The van der Waals surface area contributed by atoms with Crippen molar-refractivity contribution in [1.82, 2.24) is 4.90 Å². The van der Waals surface area contributed by atoms with Gasteiger partial charge < -0.3 is 0 Å². The maximum atomic E-state index is 13.1. The van der Waals surface area contributed by atoms with Gasteiger partial charge in [0.1, 0.15) is 11.6 Å². The van der Waals surface area contributed by atoms with Crippen molar-refractivity contribution in [3.63, 3.8) is 0 Å². The fourth-order valence-electron chi connectivity index (χ4n) is 1.12. The molecule has 14 heavy (non-hydrogen) atoms. The lowest BCUT2D eigenvalue weighted by Gasteiger charge is -2.13. The largest absolute Gasteiger partial charge is 0.297 e. The van der Waals surface area contributed by atoms with Gasteiger partial charge >= 0.3 is 0 Å². The molecule has 0 N–H and O–H groups in total. The maximum absolute atomic E-state index is 13.1. The van der Waals surface area contributed by atoms with Gasteiger partial charge in [0, 0.05) is 12.4 Å². The Morgan fingerprint density at radius 3 is 2.71 bits per heavy atom. The highest BCUT2D eigenvalue weighted by molar-refractivity contribution is 7.80. The lowest BCUT2D eigenvalue weighted by molar-refractivity contribution is 0.395. The fraction of sp³-hybridized carbons (Fsp3) is 0.400. The van der Waals surface area contributed by atoms with Crippen LogP contribution in [0.4, 0.5) is 8.78 Å². The molecule has 0 aromatic heterocycles. The van der Waals surface area contributed by atoms with E-state index >= 15 is 0 Å². The van der Waals surface area contributed by atoms with Crippen LogP contribution in [0.25, 0.3) is 0 Å². The van der Waals surface area contributed by atoms with E-state index in [1.54, 1.807) is 0 Å². The third-order valence-electron chi connectivity index (χ3n) is 2.01. The highest BCUT2D eigenvalue weighted by Crippen LogP contribution is 2.10. The molecule has 0 atom stereocenters. The molecule has 1 aromatic carbocycles. The minimum Gasteiger partial charge on any atom is -0.297 e. The van der Waals surface area contributed by atoms with Crippen LogP contribution in [0, 0.1) is 11.6 Å². The second kappa shape index (κ2) is 5.32. The molecule has 0 saturated heterocycles. The Kier molecular flexibility index (Phi) is 4.35. The normalized spacial score (nSPS) is 10.9. The molecule has 0 amide bonds. The monoisotopic (exact) mass is 217 g/mol. The van der Waals surface area contributed by atoms with Crippen molar-refractivity contribution in [2.75, 3.05) is 19.5 Å². The van der Waals surface area contributed by atoms with E-state index in [2.05, 4.69) is 12.6 Å². The van der Waals surface area contributed by atoms with E-state index in [1.165, 1.54) is 6.07 Å². The van der Waals surface area contributed by atoms with E-state index in [-0.39, 0.29) is 5.82 Å². The number of likely N-dealkylation sites (N-methyl/N-ethyl adjacent to an activating group) is 1. The van der Waals surface area contributed by atoms with Gasteiger partial charge in [-0.25, -0.2) is 8.78 Å². The molecule has 4 heteroatoms. The minimum absolute atomic E-state index is 0.348. The van der Waals surface area contributed by atoms with Crippen molar-refractivity contribution in [2.24, 2.45) is 0 Å². The predicted octanol–water partition coefficient (Wildman–Crippen LogP) is 2.33. The van der Waals surface area contributed by atoms with Crippen LogP contribution in [0.3, 0.4) is 0 Å². The number of hydrogen-bond donors (Lipinski definition) is 1. The van der Waals surface area contributed by atoms with E-state index < -0.39 is 5.82 Å². The first kappa shape index (κ1) is 11.5. The SMILES string of the molecule is CN(CS)CCc1cc(F)ccc1F. The van der Waals surface area contributed by atoms with E-state index in [9.17, 15) is 8.78 Å². The molecule has 0 radical (unpaired) electrons. The fourth-order valence-corrected chi connectivity index (χ4v) is 1.26. The van der Waals surface area contributed by atoms with Crippen molar-refractivity contribution < 1.29 is 8.78 Å². The summed E-state index contributed by atoms with van der Waals surface area (Å²) in [6.45, 7) is 0.671. The van der Waals surface area contributed by atoms with Crippen LogP contribution >= 0.6 is 12.6 Å². The van der Waals surface area contributed by atoms with Gasteiger partial charge in [0.25, 0.3) is 0 Å². The molecule has 1 aromatic rings. The van der Waals surface area contributed by atoms with Gasteiger partial charge in [-0.05, 0) is 37.2 Å². The molecule has 0 heterocycles. The summed E-state index contributed by atoms with van der Waals surface area (Å²) >= 11 is 4.07. The number of benzene rings is 1. The summed E-state index contributed by atoms with van der Waals surface area (Å²) in [5.74, 6) is -0.134. The van der Waals surface area contributed by atoms with E-state index in [0.717, 1.165) is 12.1 Å². The average molecular weight is 217 g/mol. The molecule has 0 aliphatic carbocycles. The Labute approximate surface area is 88.1 Å². The second-order valence-corrected chi connectivity index (χ2v) is 3.49. The van der Waals surface area contributed by atoms with Gasteiger partial charge in [-0.2, -0.15) is 12.6 Å². The second-order valence-electron chi connectivity index (χ2n) is 3.21. The average Bonchev–Trinajstić information content (AvgIpc) is 2.19. The molecule has 0 bridgehead atoms. The molecule has 0 fully saturated rings. The number of rotatable bonds is 4. The Balaban J connectivity index is 2.62. The molecule has 0 aliphatic rings.